The topological polar surface area (TPSA) is 49.9 Å². The van der Waals surface area contributed by atoms with Crippen molar-refractivity contribution in [2.45, 2.75) is 66.7 Å². The summed E-state index contributed by atoms with van der Waals surface area (Å²) in [7, 11) is 0. The van der Waals surface area contributed by atoms with Crippen LogP contribution in [-0.4, -0.2) is 5.71 Å². The fraction of sp³-hybridized carbons (Fsp3) is 0.393. The van der Waals surface area contributed by atoms with Gasteiger partial charge in [0.1, 0.15) is 0 Å². The van der Waals surface area contributed by atoms with E-state index >= 15 is 0 Å². The zero-order valence-electron chi connectivity index (χ0n) is 19.4. The van der Waals surface area contributed by atoms with E-state index in [2.05, 4.69) is 84.0 Å². The number of hydrogen-bond acceptors (Lipinski definition) is 2. The number of benzene rings is 2. The molecule has 3 N–H and O–H groups in total. The zero-order chi connectivity index (χ0) is 22.0. The van der Waals surface area contributed by atoms with Crippen molar-refractivity contribution in [1.82, 2.24) is 0 Å². The monoisotopic (exact) mass is 400 g/mol. The highest BCUT2D eigenvalue weighted by Gasteiger charge is 2.28. The second kappa shape index (κ2) is 9.04. The molecule has 2 heteroatoms. The van der Waals surface area contributed by atoms with E-state index < -0.39 is 0 Å². The molecule has 30 heavy (non-hydrogen) atoms. The van der Waals surface area contributed by atoms with Gasteiger partial charge in [0.2, 0.25) is 0 Å². The Bertz CT molecular complexity index is 956. The molecule has 0 amide bonds. The third kappa shape index (κ3) is 4.28. The van der Waals surface area contributed by atoms with Crippen LogP contribution in [-0.2, 0) is 19.3 Å². The highest BCUT2D eigenvalue weighted by molar-refractivity contribution is 6.10. The molecule has 0 saturated carbocycles. The summed E-state index contributed by atoms with van der Waals surface area (Å²) >= 11 is 0. The number of nitrogens with two attached hydrogens (primary N) is 1. The highest BCUT2D eigenvalue weighted by atomic mass is 14.6. The Morgan fingerprint density at radius 2 is 1.40 bits per heavy atom. The van der Waals surface area contributed by atoms with Crippen LogP contribution >= 0.6 is 0 Å². The molecule has 0 aliphatic heterocycles. The van der Waals surface area contributed by atoms with Gasteiger partial charge in [-0.15, -0.1) is 0 Å². The lowest BCUT2D eigenvalue weighted by Gasteiger charge is -2.31. The number of rotatable bonds is 6. The van der Waals surface area contributed by atoms with E-state index in [-0.39, 0.29) is 5.92 Å². The summed E-state index contributed by atoms with van der Waals surface area (Å²) in [5, 5.41) is 8.34. The van der Waals surface area contributed by atoms with Crippen LogP contribution in [0, 0.1) is 25.2 Å². The van der Waals surface area contributed by atoms with Crippen LogP contribution in [0.3, 0.4) is 0 Å². The zero-order valence-corrected chi connectivity index (χ0v) is 19.4. The third-order valence-electron chi connectivity index (χ3n) is 6.67. The first kappa shape index (κ1) is 22.1. The lowest BCUT2D eigenvalue weighted by atomic mass is 9.73. The predicted octanol–water partition coefficient (Wildman–Crippen LogP) is 6.88. The Hall–Kier alpha value is -2.61. The second-order valence-corrected chi connectivity index (χ2v) is 8.80. The molecule has 0 bridgehead atoms. The van der Waals surface area contributed by atoms with E-state index in [1.54, 1.807) is 0 Å². The van der Waals surface area contributed by atoms with Crippen LogP contribution in [0.5, 0.6) is 0 Å². The maximum Gasteiger partial charge on any atom is 0.0592 e. The Kier molecular flexibility index (Phi) is 6.65. The third-order valence-corrected chi connectivity index (χ3v) is 6.67. The van der Waals surface area contributed by atoms with Gasteiger partial charge < -0.3 is 11.1 Å². The molecule has 0 saturated heterocycles. The minimum atomic E-state index is 0.287. The maximum absolute atomic E-state index is 8.34. The molecule has 0 radical (unpaired) electrons. The van der Waals surface area contributed by atoms with E-state index in [1.807, 2.05) is 0 Å². The Morgan fingerprint density at radius 1 is 0.900 bits per heavy atom. The average molecular weight is 401 g/mol. The number of nitrogen functional groups attached to an aromatic ring is 1. The highest BCUT2D eigenvalue weighted by Crippen LogP contribution is 2.39. The number of hydrogen-bond donors (Lipinski definition) is 2. The summed E-state index contributed by atoms with van der Waals surface area (Å²) < 4.78 is 0. The summed E-state index contributed by atoms with van der Waals surface area (Å²) in [4.78, 5) is 0. The standard InChI is InChI=1S/C28H36N2/c1-7-22-10-9-11-23(8-2)26(22)25(24-14-19(5)28(30)20(6)15-24)16-21-12-17(3)27(29)18(4)13-21/h9-15,24-25,30H,7-8,16,29H2,1-6H3. The lowest BCUT2D eigenvalue weighted by Crippen LogP contribution is -2.21. The first-order valence-corrected chi connectivity index (χ1v) is 11.2. The summed E-state index contributed by atoms with van der Waals surface area (Å²) in [5.41, 5.74) is 18.0. The van der Waals surface area contributed by atoms with Gasteiger partial charge in [-0.2, -0.15) is 0 Å². The van der Waals surface area contributed by atoms with E-state index in [0.717, 1.165) is 47.2 Å². The maximum atomic E-state index is 8.34. The predicted molar refractivity (Wildman–Crippen MR) is 131 cm³/mol. The summed E-state index contributed by atoms with van der Waals surface area (Å²) in [6, 6.07) is 11.3. The van der Waals surface area contributed by atoms with Crippen LogP contribution in [0.1, 0.15) is 67.0 Å². The number of allylic oxidation sites excluding steroid dienone is 4. The number of aryl methyl sites for hydroxylation is 4. The Balaban J connectivity index is 2.17. The van der Waals surface area contributed by atoms with Crippen molar-refractivity contribution in [3.8, 4) is 0 Å². The van der Waals surface area contributed by atoms with Crippen molar-refractivity contribution in [3.05, 3.63) is 87.0 Å². The average Bonchev–Trinajstić information content (AvgIpc) is 2.73. The molecule has 0 heterocycles. The van der Waals surface area contributed by atoms with E-state index in [0.29, 0.717) is 11.6 Å². The quantitative estimate of drug-likeness (QED) is 0.510. The van der Waals surface area contributed by atoms with Crippen molar-refractivity contribution in [1.29, 1.82) is 5.41 Å². The molecule has 1 aliphatic rings. The fourth-order valence-electron chi connectivity index (χ4n) is 4.96. The van der Waals surface area contributed by atoms with Gasteiger partial charge in [0, 0.05) is 11.6 Å². The molecule has 0 fully saturated rings. The van der Waals surface area contributed by atoms with Crippen molar-refractivity contribution >= 4 is 11.4 Å². The molecule has 1 atom stereocenters. The van der Waals surface area contributed by atoms with E-state index in [1.165, 1.54) is 22.3 Å². The minimum Gasteiger partial charge on any atom is -0.398 e. The van der Waals surface area contributed by atoms with Crippen LogP contribution in [0.4, 0.5) is 5.69 Å². The minimum absolute atomic E-state index is 0.287. The van der Waals surface area contributed by atoms with E-state index in [4.69, 9.17) is 11.1 Å². The molecular weight excluding hydrogens is 364 g/mol. The first-order valence-electron chi connectivity index (χ1n) is 11.2. The van der Waals surface area contributed by atoms with Gasteiger partial charge in [0.25, 0.3) is 0 Å². The SMILES string of the molecule is CCc1cccc(CC)c1C(Cc1cc(C)c(N)c(C)c1)C1C=C(C)C(=N)C(C)=C1. The Labute approximate surface area is 182 Å². The largest absolute Gasteiger partial charge is 0.398 e. The summed E-state index contributed by atoms with van der Waals surface area (Å²) in [6.45, 7) is 12.9. The summed E-state index contributed by atoms with van der Waals surface area (Å²) in [5.74, 6) is 0.631. The van der Waals surface area contributed by atoms with Crippen LogP contribution < -0.4 is 5.73 Å². The molecule has 2 nitrogen and oxygen atoms in total. The molecule has 0 spiro atoms. The van der Waals surface area contributed by atoms with Crippen molar-refractivity contribution < 1.29 is 0 Å². The van der Waals surface area contributed by atoms with Crippen LogP contribution in [0.2, 0.25) is 0 Å². The van der Waals surface area contributed by atoms with E-state index in [9.17, 15) is 0 Å². The van der Waals surface area contributed by atoms with Gasteiger partial charge in [-0.05, 0) is 97.4 Å². The smallest absolute Gasteiger partial charge is 0.0592 e. The molecule has 0 aromatic heterocycles. The van der Waals surface area contributed by atoms with Crippen molar-refractivity contribution in [2.24, 2.45) is 5.92 Å². The van der Waals surface area contributed by atoms with Gasteiger partial charge in [-0.3, -0.25) is 0 Å². The number of nitrogens with one attached hydrogen (secondary N) is 1. The molecule has 2 aromatic carbocycles. The van der Waals surface area contributed by atoms with Gasteiger partial charge in [-0.25, -0.2) is 0 Å². The van der Waals surface area contributed by atoms with Crippen molar-refractivity contribution in [2.75, 3.05) is 5.73 Å². The van der Waals surface area contributed by atoms with Crippen LogP contribution in [0.25, 0.3) is 0 Å². The Morgan fingerprint density at radius 3 is 1.87 bits per heavy atom. The van der Waals surface area contributed by atoms with Gasteiger partial charge in [-0.1, -0.05) is 56.3 Å². The summed E-state index contributed by atoms with van der Waals surface area (Å²) in [6.07, 6.45) is 7.66. The number of anilines is 1. The molecule has 1 unspecified atom stereocenters. The van der Waals surface area contributed by atoms with Gasteiger partial charge in [0.15, 0.2) is 0 Å². The lowest BCUT2D eigenvalue weighted by molar-refractivity contribution is 0.573. The molecule has 158 valence electrons. The van der Waals surface area contributed by atoms with Gasteiger partial charge >= 0.3 is 0 Å². The normalized spacial score (nSPS) is 17.5. The van der Waals surface area contributed by atoms with Crippen molar-refractivity contribution in [3.63, 3.8) is 0 Å². The van der Waals surface area contributed by atoms with Gasteiger partial charge in [0.05, 0.1) is 5.71 Å². The molecule has 2 aromatic rings. The molecular formula is C28H36N2. The van der Waals surface area contributed by atoms with Crippen LogP contribution in [0.15, 0.2) is 53.6 Å². The fourth-order valence-corrected chi connectivity index (χ4v) is 4.96. The molecule has 3 rings (SSSR count). The second-order valence-electron chi connectivity index (χ2n) is 8.80. The first-order chi connectivity index (χ1) is 14.3. The molecule has 1 aliphatic carbocycles.